The van der Waals surface area contributed by atoms with Gasteiger partial charge in [0.1, 0.15) is 23.0 Å². The van der Waals surface area contributed by atoms with Gasteiger partial charge in [0.05, 0.1) is 0 Å². The second-order valence-electron chi connectivity index (χ2n) is 8.80. The summed E-state index contributed by atoms with van der Waals surface area (Å²) < 4.78 is 12.0. The van der Waals surface area contributed by atoms with Gasteiger partial charge in [0.15, 0.2) is 0 Å². The molecule has 0 aliphatic heterocycles. The normalized spacial score (nSPS) is 13.3. The summed E-state index contributed by atoms with van der Waals surface area (Å²) >= 11 is 0. The molecule has 2 nitrogen and oxygen atoms in total. The Balaban J connectivity index is 0.00000149. The van der Waals surface area contributed by atoms with Crippen molar-refractivity contribution in [2.75, 3.05) is 0 Å². The highest BCUT2D eigenvalue weighted by atomic mass is 16.5. The van der Waals surface area contributed by atoms with Gasteiger partial charge in [0.2, 0.25) is 0 Å². The molecule has 0 atom stereocenters. The maximum absolute atomic E-state index is 6.06. The zero-order chi connectivity index (χ0) is 23.8. The summed E-state index contributed by atoms with van der Waals surface area (Å²) in [4.78, 5) is 0. The molecule has 4 rings (SSSR count). The lowest BCUT2D eigenvalue weighted by Crippen LogP contribution is -2.22. The molecule has 0 saturated heterocycles. The molecular formula is C31H36O2. The molecule has 2 heteroatoms. The van der Waals surface area contributed by atoms with Gasteiger partial charge >= 0.3 is 0 Å². The van der Waals surface area contributed by atoms with E-state index < -0.39 is 0 Å². The predicted octanol–water partition coefficient (Wildman–Crippen LogP) is 9.08. The Morgan fingerprint density at radius 3 is 1.48 bits per heavy atom. The SMILES string of the molecule is CC.Cc1ccc(OC2=CC=C(C(C)(C)c3ccc(Oc4ccc(C)cc4)cc3)CC2)cc1. The van der Waals surface area contributed by atoms with Crippen molar-refractivity contribution in [1.82, 2.24) is 0 Å². The zero-order valence-electron chi connectivity index (χ0n) is 20.8. The maximum Gasteiger partial charge on any atom is 0.127 e. The third-order valence-corrected chi connectivity index (χ3v) is 6.02. The van der Waals surface area contributed by atoms with E-state index in [0.29, 0.717) is 0 Å². The number of allylic oxidation sites excluding steroid dienone is 4. The highest BCUT2D eigenvalue weighted by Gasteiger charge is 2.27. The predicted molar refractivity (Wildman–Crippen MR) is 139 cm³/mol. The van der Waals surface area contributed by atoms with Crippen LogP contribution in [0, 0.1) is 13.8 Å². The van der Waals surface area contributed by atoms with Crippen LogP contribution in [0.3, 0.4) is 0 Å². The van der Waals surface area contributed by atoms with E-state index in [1.165, 1.54) is 22.3 Å². The first-order valence-corrected chi connectivity index (χ1v) is 11.9. The Bertz CT molecular complexity index is 1080. The Morgan fingerprint density at radius 2 is 1.03 bits per heavy atom. The lowest BCUT2D eigenvalue weighted by molar-refractivity contribution is 0.395. The third-order valence-electron chi connectivity index (χ3n) is 6.02. The monoisotopic (exact) mass is 440 g/mol. The molecule has 0 heterocycles. The van der Waals surface area contributed by atoms with Crippen LogP contribution in [-0.2, 0) is 5.41 Å². The van der Waals surface area contributed by atoms with Gasteiger partial charge in [-0.3, -0.25) is 0 Å². The van der Waals surface area contributed by atoms with Gasteiger partial charge < -0.3 is 9.47 Å². The molecule has 0 spiro atoms. The van der Waals surface area contributed by atoms with Gasteiger partial charge in [-0.15, -0.1) is 0 Å². The molecule has 0 radical (unpaired) electrons. The van der Waals surface area contributed by atoms with E-state index in [1.54, 1.807) is 0 Å². The summed E-state index contributed by atoms with van der Waals surface area (Å²) in [5.41, 5.74) is 5.12. The van der Waals surface area contributed by atoms with Gasteiger partial charge in [-0.05, 0) is 68.3 Å². The third kappa shape index (κ3) is 6.38. The summed E-state index contributed by atoms with van der Waals surface area (Å²) in [6, 6.07) is 24.8. The van der Waals surface area contributed by atoms with Gasteiger partial charge in [0.25, 0.3) is 0 Å². The molecule has 172 valence electrons. The van der Waals surface area contributed by atoms with Gasteiger partial charge in [0, 0.05) is 11.8 Å². The standard InChI is InChI=1S/C29H30O2.C2H6/c1-21-5-13-25(14-6-21)30-27-17-9-23(10-18-27)29(3,4)24-11-19-28(20-12-24)31-26-15-7-22(2)8-16-26;1-2/h5-11,13-19H,12,20H2,1-4H3;1-2H3. The molecule has 3 aromatic rings. The molecule has 0 amide bonds. The molecule has 33 heavy (non-hydrogen) atoms. The fraction of sp³-hybridized carbons (Fsp3) is 0.290. The van der Waals surface area contributed by atoms with Crippen LogP contribution in [0.5, 0.6) is 17.2 Å². The number of hydrogen-bond donors (Lipinski definition) is 0. The van der Waals surface area contributed by atoms with Crippen molar-refractivity contribution >= 4 is 0 Å². The number of ether oxygens (including phenoxy) is 2. The van der Waals surface area contributed by atoms with Crippen LogP contribution < -0.4 is 9.47 Å². The van der Waals surface area contributed by atoms with Crippen molar-refractivity contribution in [1.29, 1.82) is 0 Å². The fourth-order valence-corrected chi connectivity index (χ4v) is 3.85. The number of aryl methyl sites for hydroxylation is 2. The molecule has 0 fully saturated rings. The first-order valence-electron chi connectivity index (χ1n) is 11.9. The van der Waals surface area contributed by atoms with Crippen LogP contribution in [0.25, 0.3) is 0 Å². The first kappa shape index (κ1) is 24.4. The van der Waals surface area contributed by atoms with Crippen molar-refractivity contribution in [3.8, 4) is 17.2 Å². The summed E-state index contributed by atoms with van der Waals surface area (Å²) in [5, 5.41) is 0. The maximum atomic E-state index is 6.06. The number of rotatable bonds is 6. The van der Waals surface area contributed by atoms with Crippen molar-refractivity contribution in [3.63, 3.8) is 0 Å². The zero-order valence-corrected chi connectivity index (χ0v) is 20.8. The van der Waals surface area contributed by atoms with Crippen LogP contribution in [0.4, 0.5) is 0 Å². The van der Waals surface area contributed by atoms with Crippen molar-refractivity contribution in [3.05, 3.63) is 113 Å². The lowest BCUT2D eigenvalue weighted by Gasteiger charge is -2.31. The average molecular weight is 441 g/mol. The second kappa shape index (κ2) is 11.0. The summed E-state index contributed by atoms with van der Waals surface area (Å²) in [5.74, 6) is 3.64. The molecule has 0 unspecified atom stereocenters. The molecular weight excluding hydrogens is 404 g/mol. The minimum atomic E-state index is -0.0473. The van der Waals surface area contributed by atoms with Crippen molar-refractivity contribution < 1.29 is 9.47 Å². The molecule has 0 bridgehead atoms. The van der Waals surface area contributed by atoms with E-state index in [-0.39, 0.29) is 5.41 Å². The number of benzene rings is 3. The second-order valence-corrected chi connectivity index (χ2v) is 8.80. The van der Waals surface area contributed by atoms with Crippen LogP contribution in [0.15, 0.2) is 96.3 Å². The van der Waals surface area contributed by atoms with E-state index in [0.717, 1.165) is 35.8 Å². The van der Waals surface area contributed by atoms with E-state index >= 15 is 0 Å². The van der Waals surface area contributed by atoms with E-state index in [9.17, 15) is 0 Å². The van der Waals surface area contributed by atoms with Gasteiger partial charge in [-0.2, -0.15) is 0 Å². The highest BCUT2D eigenvalue weighted by molar-refractivity contribution is 5.42. The number of hydrogen-bond acceptors (Lipinski definition) is 2. The van der Waals surface area contributed by atoms with Gasteiger partial charge in [-0.1, -0.05) is 86.9 Å². The lowest BCUT2D eigenvalue weighted by atomic mass is 9.74. The van der Waals surface area contributed by atoms with Crippen LogP contribution in [0.1, 0.15) is 57.2 Å². The summed E-state index contributed by atoms with van der Waals surface area (Å²) in [6.07, 6.45) is 6.25. The Morgan fingerprint density at radius 1 is 0.576 bits per heavy atom. The van der Waals surface area contributed by atoms with E-state index in [1.807, 2.05) is 38.1 Å². The molecule has 0 saturated carbocycles. The highest BCUT2D eigenvalue weighted by Crippen LogP contribution is 2.38. The molecule has 1 aliphatic rings. The summed E-state index contributed by atoms with van der Waals surface area (Å²) in [6.45, 7) is 12.7. The van der Waals surface area contributed by atoms with E-state index in [4.69, 9.17) is 9.47 Å². The average Bonchev–Trinajstić information content (AvgIpc) is 2.84. The Kier molecular flexibility index (Phi) is 8.16. The van der Waals surface area contributed by atoms with Crippen LogP contribution in [-0.4, -0.2) is 0 Å². The Hall–Kier alpha value is -3.26. The Labute approximate surface area is 199 Å². The summed E-state index contributed by atoms with van der Waals surface area (Å²) in [7, 11) is 0. The minimum absolute atomic E-state index is 0.0473. The molecule has 3 aromatic carbocycles. The largest absolute Gasteiger partial charge is 0.462 e. The van der Waals surface area contributed by atoms with Crippen LogP contribution >= 0.6 is 0 Å². The van der Waals surface area contributed by atoms with E-state index in [2.05, 4.69) is 88.4 Å². The van der Waals surface area contributed by atoms with Gasteiger partial charge in [-0.25, -0.2) is 0 Å². The molecule has 0 aromatic heterocycles. The van der Waals surface area contributed by atoms with Crippen molar-refractivity contribution in [2.24, 2.45) is 0 Å². The smallest absolute Gasteiger partial charge is 0.127 e. The van der Waals surface area contributed by atoms with Crippen molar-refractivity contribution in [2.45, 2.75) is 59.8 Å². The topological polar surface area (TPSA) is 18.5 Å². The molecule has 0 N–H and O–H groups in total. The first-order chi connectivity index (χ1) is 15.9. The molecule has 1 aliphatic carbocycles. The quantitative estimate of drug-likeness (QED) is 0.380. The minimum Gasteiger partial charge on any atom is -0.462 e. The van der Waals surface area contributed by atoms with Crippen LogP contribution in [0.2, 0.25) is 0 Å². The fourth-order valence-electron chi connectivity index (χ4n) is 3.85.